The summed E-state index contributed by atoms with van der Waals surface area (Å²) in [5, 5.41) is 26.6. The molecular weight excluding hydrogens is 608 g/mol. The van der Waals surface area contributed by atoms with Crippen LogP contribution < -0.4 is 18.9 Å². The Morgan fingerprint density at radius 3 is 0.979 bits per heavy atom. The lowest BCUT2D eigenvalue weighted by molar-refractivity contribution is -0.193. The first kappa shape index (κ1) is 33.1. The first-order valence-electron chi connectivity index (χ1n) is 15.6. The molecular formula is C40H40O8. The molecule has 2 N–H and O–H groups in total. The molecule has 2 atom stereocenters. The summed E-state index contributed by atoms with van der Waals surface area (Å²) in [5.41, 5.74) is -0.957. The molecule has 0 unspecified atom stereocenters. The third-order valence-electron chi connectivity index (χ3n) is 9.22. The fourth-order valence-electron chi connectivity index (χ4n) is 6.49. The lowest BCUT2D eigenvalue weighted by Gasteiger charge is -2.42. The van der Waals surface area contributed by atoms with Crippen molar-refractivity contribution in [2.24, 2.45) is 0 Å². The molecule has 8 nitrogen and oxygen atoms in total. The molecule has 0 bridgehead atoms. The van der Waals surface area contributed by atoms with Crippen LogP contribution in [0, 0.1) is 0 Å². The van der Waals surface area contributed by atoms with Crippen molar-refractivity contribution in [1.29, 1.82) is 0 Å². The van der Waals surface area contributed by atoms with E-state index in [1.54, 1.807) is 132 Å². The zero-order chi connectivity index (χ0) is 33.9. The summed E-state index contributed by atoms with van der Waals surface area (Å²) in [5.74, 6) is 1.11. The lowest BCUT2D eigenvalue weighted by Crippen LogP contribution is -2.55. The number of ether oxygens (including phenoxy) is 6. The minimum atomic E-state index is -1.86. The maximum atomic E-state index is 13.3. The van der Waals surface area contributed by atoms with Crippen molar-refractivity contribution in [2.75, 3.05) is 28.4 Å². The van der Waals surface area contributed by atoms with Gasteiger partial charge < -0.3 is 38.6 Å². The van der Waals surface area contributed by atoms with Gasteiger partial charge in [-0.1, -0.05) is 78.9 Å². The second kappa shape index (κ2) is 13.3. The van der Waals surface area contributed by atoms with E-state index in [0.717, 1.165) is 5.56 Å². The van der Waals surface area contributed by atoms with Crippen LogP contribution in [0.25, 0.3) is 0 Å². The van der Waals surface area contributed by atoms with Crippen molar-refractivity contribution in [3.05, 3.63) is 155 Å². The summed E-state index contributed by atoms with van der Waals surface area (Å²) >= 11 is 0. The largest absolute Gasteiger partial charge is 0.497 e. The summed E-state index contributed by atoms with van der Waals surface area (Å²) < 4.78 is 35.7. The standard InChI is InChI=1S/C40H40O8/c1-38(27-9-7-6-8-10-27)47-36(39(41,28-11-19-32(43-2)20-12-28)29-13-21-33(44-3)22-14-29)37(48-38)40(42,30-15-23-34(45-4)24-16-30)31-17-25-35(46-5)26-18-31/h6-26,36-37,41-42H,1-5H3/t36-,37-/m0/s1. The van der Waals surface area contributed by atoms with Crippen LogP contribution in [0.5, 0.6) is 23.0 Å². The molecule has 1 heterocycles. The number of methoxy groups -OCH3 is 4. The zero-order valence-corrected chi connectivity index (χ0v) is 27.6. The van der Waals surface area contributed by atoms with Crippen molar-refractivity contribution >= 4 is 0 Å². The average molecular weight is 649 g/mol. The predicted octanol–water partition coefficient (Wildman–Crippen LogP) is 6.55. The fourth-order valence-corrected chi connectivity index (χ4v) is 6.49. The molecule has 48 heavy (non-hydrogen) atoms. The highest BCUT2D eigenvalue weighted by atomic mass is 16.8. The van der Waals surface area contributed by atoms with Gasteiger partial charge in [0, 0.05) is 5.56 Å². The monoisotopic (exact) mass is 648 g/mol. The summed E-state index contributed by atoms with van der Waals surface area (Å²) in [6, 6.07) is 38.1. The van der Waals surface area contributed by atoms with Gasteiger partial charge in [0.05, 0.1) is 28.4 Å². The molecule has 0 aromatic heterocycles. The summed E-state index contributed by atoms with van der Waals surface area (Å²) in [6.07, 6.45) is -2.36. The van der Waals surface area contributed by atoms with E-state index in [2.05, 4.69) is 0 Å². The highest BCUT2D eigenvalue weighted by Gasteiger charge is 2.62. The highest BCUT2D eigenvalue weighted by molar-refractivity contribution is 5.47. The Morgan fingerprint density at radius 1 is 0.458 bits per heavy atom. The number of benzene rings is 5. The molecule has 0 saturated carbocycles. The van der Waals surface area contributed by atoms with Crippen molar-refractivity contribution in [2.45, 2.75) is 36.1 Å². The number of hydrogen-bond donors (Lipinski definition) is 2. The minimum Gasteiger partial charge on any atom is -0.497 e. The molecule has 8 heteroatoms. The maximum Gasteiger partial charge on any atom is 0.193 e. The average Bonchev–Trinajstić information content (AvgIpc) is 3.54. The van der Waals surface area contributed by atoms with Crippen LogP contribution in [0.15, 0.2) is 127 Å². The molecule has 1 fully saturated rings. The van der Waals surface area contributed by atoms with Gasteiger partial charge in [-0.25, -0.2) is 0 Å². The summed E-state index contributed by atoms with van der Waals surface area (Å²) in [4.78, 5) is 0. The van der Waals surface area contributed by atoms with E-state index in [0.29, 0.717) is 45.3 Å². The predicted molar refractivity (Wildman–Crippen MR) is 182 cm³/mol. The maximum absolute atomic E-state index is 13.3. The van der Waals surface area contributed by atoms with Gasteiger partial charge in [-0.2, -0.15) is 0 Å². The number of rotatable bonds is 11. The third kappa shape index (κ3) is 5.77. The molecule has 0 aliphatic carbocycles. The van der Waals surface area contributed by atoms with Crippen LogP contribution >= 0.6 is 0 Å². The second-order valence-corrected chi connectivity index (χ2v) is 11.8. The van der Waals surface area contributed by atoms with E-state index in [9.17, 15) is 10.2 Å². The summed E-state index contributed by atoms with van der Waals surface area (Å²) in [6.45, 7) is 1.81. The van der Waals surface area contributed by atoms with Crippen molar-refractivity contribution in [3.8, 4) is 23.0 Å². The molecule has 6 rings (SSSR count). The molecule has 5 aromatic carbocycles. The van der Waals surface area contributed by atoms with Crippen LogP contribution in [-0.2, 0) is 26.5 Å². The van der Waals surface area contributed by atoms with Gasteiger partial charge in [-0.05, 0) is 77.7 Å². The van der Waals surface area contributed by atoms with E-state index in [1.807, 2.05) is 30.3 Å². The van der Waals surface area contributed by atoms with Gasteiger partial charge in [0.1, 0.15) is 46.4 Å². The molecule has 248 valence electrons. The molecule has 5 aromatic rings. The normalized spacial score (nSPS) is 17.5. The van der Waals surface area contributed by atoms with Gasteiger partial charge in [-0.3, -0.25) is 0 Å². The number of aliphatic hydroxyl groups is 2. The highest BCUT2D eigenvalue weighted by Crippen LogP contribution is 2.53. The van der Waals surface area contributed by atoms with Gasteiger partial charge in [0.15, 0.2) is 5.79 Å². The molecule has 0 amide bonds. The Labute approximate surface area is 281 Å². The minimum absolute atomic E-state index is 0.510. The quantitative estimate of drug-likeness (QED) is 0.167. The van der Waals surface area contributed by atoms with Crippen LogP contribution in [0.3, 0.4) is 0 Å². The van der Waals surface area contributed by atoms with Crippen molar-refractivity contribution in [3.63, 3.8) is 0 Å². The fraction of sp³-hybridized carbons (Fsp3) is 0.250. The van der Waals surface area contributed by atoms with E-state index in [-0.39, 0.29) is 0 Å². The third-order valence-corrected chi connectivity index (χ3v) is 9.22. The van der Waals surface area contributed by atoms with E-state index in [4.69, 9.17) is 28.4 Å². The summed E-state index contributed by atoms with van der Waals surface area (Å²) in [7, 11) is 6.35. The molecule has 1 saturated heterocycles. The first-order chi connectivity index (χ1) is 23.2. The SMILES string of the molecule is COc1ccc(C(O)(c2ccc(OC)cc2)[C@H]2OC(C)(c3ccccc3)O[C@@H]2C(O)(c2ccc(OC)cc2)c2ccc(OC)cc2)cc1. The Kier molecular flexibility index (Phi) is 9.18. The smallest absolute Gasteiger partial charge is 0.193 e. The van der Waals surface area contributed by atoms with Gasteiger partial charge in [0.25, 0.3) is 0 Å². The zero-order valence-electron chi connectivity index (χ0n) is 27.6. The van der Waals surface area contributed by atoms with Crippen molar-refractivity contribution in [1.82, 2.24) is 0 Å². The van der Waals surface area contributed by atoms with E-state index >= 15 is 0 Å². The van der Waals surface area contributed by atoms with Gasteiger partial charge in [-0.15, -0.1) is 0 Å². The molecule has 0 spiro atoms. The van der Waals surface area contributed by atoms with Crippen LogP contribution in [-0.4, -0.2) is 50.9 Å². The van der Waals surface area contributed by atoms with Crippen LogP contribution in [0.4, 0.5) is 0 Å². The Hall–Kier alpha value is -4.86. The van der Waals surface area contributed by atoms with Gasteiger partial charge >= 0.3 is 0 Å². The lowest BCUT2D eigenvalue weighted by atomic mass is 9.72. The molecule has 1 aliphatic rings. The number of hydrogen-bond acceptors (Lipinski definition) is 8. The second-order valence-electron chi connectivity index (χ2n) is 11.8. The Balaban J connectivity index is 1.63. The topological polar surface area (TPSA) is 95.8 Å². The van der Waals surface area contributed by atoms with E-state index < -0.39 is 29.2 Å². The van der Waals surface area contributed by atoms with Crippen LogP contribution in [0.1, 0.15) is 34.7 Å². The molecule has 0 radical (unpaired) electrons. The van der Waals surface area contributed by atoms with Gasteiger partial charge in [0.2, 0.25) is 0 Å². The van der Waals surface area contributed by atoms with Crippen LogP contribution in [0.2, 0.25) is 0 Å². The Bertz CT molecular complexity index is 1580. The van der Waals surface area contributed by atoms with Crippen molar-refractivity contribution < 1.29 is 38.6 Å². The Morgan fingerprint density at radius 2 is 0.729 bits per heavy atom. The van der Waals surface area contributed by atoms with E-state index in [1.165, 1.54) is 0 Å². The first-order valence-corrected chi connectivity index (χ1v) is 15.6. The molecule has 1 aliphatic heterocycles.